The van der Waals surface area contributed by atoms with E-state index in [4.69, 9.17) is 26.4 Å². The molecule has 0 bridgehead atoms. The van der Waals surface area contributed by atoms with Gasteiger partial charge in [0.1, 0.15) is 12.0 Å². The number of nitrogens with one attached hydrogen (secondary N) is 1. The molecular formula is C21H23N3O6S. The molecule has 2 aliphatic heterocycles. The maximum Gasteiger partial charge on any atom is 0.414 e. The lowest BCUT2D eigenvalue weighted by atomic mass is 9.95. The third kappa shape index (κ3) is 3.95. The summed E-state index contributed by atoms with van der Waals surface area (Å²) in [5, 5.41) is 3.94. The molecule has 1 N–H and O–H groups in total. The number of fused-ring (bicyclic) bond motifs is 3. The van der Waals surface area contributed by atoms with Crippen LogP contribution in [0.5, 0.6) is 0 Å². The van der Waals surface area contributed by atoms with Crippen LogP contribution in [0.3, 0.4) is 0 Å². The zero-order valence-corrected chi connectivity index (χ0v) is 18.1. The number of rotatable bonds is 5. The Morgan fingerprint density at radius 2 is 2.13 bits per heavy atom. The summed E-state index contributed by atoms with van der Waals surface area (Å²) in [4.78, 5) is 38.9. The van der Waals surface area contributed by atoms with E-state index in [1.807, 2.05) is 22.8 Å². The first-order chi connectivity index (χ1) is 14.9. The van der Waals surface area contributed by atoms with Crippen LogP contribution >= 0.6 is 12.2 Å². The summed E-state index contributed by atoms with van der Waals surface area (Å²) in [6, 6.07) is 7.33. The molecule has 10 heteroatoms. The second-order valence-electron chi connectivity index (χ2n) is 7.37. The van der Waals surface area contributed by atoms with Gasteiger partial charge >= 0.3 is 12.1 Å². The van der Waals surface area contributed by atoms with Gasteiger partial charge in [-0.2, -0.15) is 0 Å². The van der Waals surface area contributed by atoms with Gasteiger partial charge in [0.25, 0.3) is 5.17 Å². The molecule has 164 valence electrons. The Labute approximate surface area is 184 Å². The lowest BCUT2D eigenvalue weighted by Gasteiger charge is -2.22. The molecule has 4 rings (SSSR count). The SMILES string of the molecule is CCOC(=O)C1CCn2c(cc3cc(N4C[C@H](CNC(=S)OC)OC4=O)ccc32)C1=O. The summed E-state index contributed by atoms with van der Waals surface area (Å²) in [6.45, 7) is 3.23. The lowest BCUT2D eigenvalue weighted by Crippen LogP contribution is -2.34. The monoisotopic (exact) mass is 445 g/mol. The maximum absolute atomic E-state index is 12.9. The normalized spacial score (nSPS) is 20.4. The molecule has 0 radical (unpaired) electrons. The van der Waals surface area contributed by atoms with Gasteiger partial charge in [0.2, 0.25) is 0 Å². The number of hydrogen-bond donors (Lipinski definition) is 1. The highest BCUT2D eigenvalue weighted by Gasteiger charge is 2.36. The van der Waals surface area contributed by atoms with Crippen LogP contribution in [0.25, 0.3) is 10.9 Å². The summed E-state index contributed by atoms with van der Waals surface area (Å²) >= 11 is 4.94. The summed E-state index contributed by atoms with van der Waals surface area (Å²) in [6.07, 6.45) is -0.408. The van der Waals surface area contributed by atoms with Crippen LogP contribution in [-0.4, -0.2) is 60.5 Å². The predicted molar refractivity (Wildman–Crippen MR) is 116 cm³/mol. The quantitative estimate of drug-likeness (QED) is 0.425. The average molecular weight is 445 g/mol. The highest BCUT2D eigenvalue weighted by molar-refractivity contribution is 7.80. The fourth-order valence-electron chi connectivity index (χ4n) is 4.01. The largest absolute Gasteiger partial charge is 0.474 e. The van der Waals surface area contributed by atoms with Crippen molar-refractivity contribution in [3.8, 4) is 0 Å². The van der Waals surface area contributed by atoms with Crippen molar-refractivity contribution in [2.75, 3.05) is 31.7 Å². The minimum atomic E-state index is -0.767. The highest BCUT2D eigenvalue weighted by Crippen LogP contribution is 2.32. The fourth-order valence-corrected chi connectivity index (χ4v) is 4.10. The van der Waals surface area contributed by atoms with E-state index in [-0.39, 0.29) is 23.7 Å². The van der Waals surface area contributed by atoms with Gasteiger partial charge in [-0.3, -0.25) is 14.5 Å². The van der Waals surface area contributed by atoms with Crippen molar-refractivity contribution < 1.29 is 28.6 Å². The van der Waals surface area contributed by atoms with Gasteiger partial charge in [-0.1, -0.05) is 0 Å². The van der Waals surface area contributed by atoms with Crippen LogP contribution in [0.1, 0.15) is 23.8 Å². The summed E-state index contributed by atoms with van der Waals surface area (Å²) < 4.78 is 17.2. The number of anilines is 1. The average Bonchev–Trinajstić information content (AvgIpc) is 3.32. The number of ether oxygens (including phenoxy) is 3. The number of nitrogens with zero attached hydrogens (tertiary/aromatic N) is 2. The number of esters is 1. The van der Waals surface area contributed by atoms with E-state index in [0.717, 1.165) is 10.9 Å². The van der Waals surface area contributed by atoms with Crippen molar-refractivity contribution in [2.24, 2.45) is 5.92 Å². The number of hydrogen-bond acceptors (Lipinski definition) is 7. The second-order valence-corrected chi connectivity index (χ2v) is 7.74. The Morgan fingerprint density at radius 3 is 2.87 bits per heavy atom. The molecule has 0 aliphatic carbocycles. The molecule has 1 aromatic heterocycles. The molecule has 1 saturated heterocycles. The molecule has 0 spiro atoms. The number of aryl methyl sites for hydroxylation is 1. The first-order valence-electron chi connectivity index (χ1n) is 10.1. The van der Waals surface area contributed by atoms with Gasteiger partial charge in [-0.15, -0.1) is 0 Å². The number of carbonyl (C=O) groups excluding carboxylic acids is 3. The van der Waals surface area contributed by atoms with E-state index in [0.29, 0.717) is 37.4 Å². The van der Waals surface area contributed by atoms with E-state index >= 15 is 0 Å². The van der Waals surface area contributed by atoms with E-state index in [9.17, 15) is 14.4 Å². The lowest BCUT2D eigenvalue weighted by molar-refractivity contribution is -0.146. The van der Waals surface area contributed by atoms with Crippen LogP contribution in [0, 0.1) is 5.92 Å². The number of amides is 1. The van der Waals surface area contributed by atoms with Gasteiger partial charge in [-0.05, 0) is 49.8 Å². The number of benzene rings is 1. The van der Waals surface area contributed by atoms with E-state index in [1.54, 1.807) is 17.9 Å². The number of cyclic esters (lactones) is 1. The molecule has 31 heavy (non-hydrogen) atoms. The first kappa shape index (κ1) is 21.1. The molecule has 1 aromatic carbocycles. The van der Waals surface area contributed by atoms with Crippen LogP contribution in [0.15, 0.2) is 24.3 Å². The van der Waals surface area contributed by atoms with Crippen LogP contribution < -0.4 is 10.2 Å². The standard InChI is InChI=1S/C21H23N3O6S/c1-3-29-19(26)15-6-7-23-16-5-4-13(8-12(16)9-17(23)18(15)25)24-11-14(30-21(24)27)10-22-20(31)28-2/h4-5,8-9,14-15H,3,6-7,10-11H2,1-2H3,(H,22,31)/t14-,15?/m0/s1. The van der Waals surface area contributed by atoms with Gasteiger partial charge in [-0.25, -0.2) is 4.79 Å². The van der Waals surface area contributed by atoms with E-state index in [1.165, 1.54) is 7.11 Å². The minimum Gasteiger partial charge on any atom is -0.474 e. The maximum atomic E-state index is 12.9. The Balaban J connectivity index is 1.55. The first-order valence-corrected chi connectivity index (χ1v) is 10.5. The number of Topliss-reactive ketones (excluding diaryl/α,β-unsaturated/α-hetero) is 1. The molecule has 1 unspecified atom stereocenters. The Hall–Kier alpha value is -3.14. The molecule has 0 saturated carbocycles. The van der Waals surface area contributed by atoms with Crippen molar-refractivity contribution in [1.82, 2.24) is 9.88 Å². The summed E-state index contributed by atoms with van der Waals surface area (Å²) in [5.74, 6) is -1.48. The molecular weight excluding hydrogens is 422 g/mol. The molecule has 1 fully saturated rings. The molecule has 2 atom stereocenters. The third-order valence-electron chi connectivity index (χ3n) is 5.51. The smallest absolute Gasteiger partial charge is 0.414 e. The zero-order chi connectivity index (χ0) is 22.1. The van der Waals surface area contributed by atoms with E-state index in [2.05, 4.69) is 5.32 Å². The van der Waals surface area contributed by atoms with Crippen molar-refractivity contribution in [3.05, 3.63) is 30.0 Å². The number of carbonyl (C=O) groups is 3. The van der Waals surface area contributed by atoms with Crippen LogP contribution in [-0.2, 0) is 25.5 Å². The zero-order valence-electron chi connectivity index (χ0n) is 17.3. The Morgan fingerprint density at radius 1 is 1.32 bits per heavy atom. The van der Waals surface area contributed by atoms with Crippen molar-refractivity contribution in [2.45, 2.75) is 26.0 Å². The van der Waals surface area contributed by atoms with Crippen LogP contribution in [0.2, 0.25) is 0 Å². The molecule has 2 aliphatic rings. The minimum absolute atomic E-state index is 0.233. The van der Waals surface area contributed by atoms with Crippen molar-refractivity contribution >= 4 is 51.8 Å². The van der Waals surface area contributed by atoms with Gasteiger partial charge in [0.15, 0.2) is 5.78 Å². The molecule has 1 amide bonds. The second kappa shape index (κ2) is 8.54. The number of methoxy groups -OCH3 is 1. The molecule has 9 nitrogen and oxygen atoms in total. The highest BCUT2D eigenvalue weighted by atomic mass is 32.1. The van der Waals surface area contributed by atoms with E-state index < -0.39 is 18.0 Å². The predicted octanol–water partition coefficient (Wildman–Crippen LogP) is 2.25. The van der Waals surface area contributed by atoms with Crippen molar-refractivity contribution in [1.29, 1.82) is 0 Å². The summed E-state index contributed by atoms with van der Waals surface area (Å²) in [7, 11) is 1.47. The van der Waals surface area contributed by atoms with Gasteiger partial charge in [0.05, 0.1) is 32.5 Å². The number of aromatic nitrogens is 1. The molecule has 2 aromatic rings. The van der Waals surface area contributed by atoms with Gasteiger partial charge < -0.3 is 24.1 Å². The van der Waals surface area contributed by atoms with Gasteiger partial charge in [0, 0.05) is 23.1 Å². The Kier molecular flexibility index (Phi) is 5.81. The topological polar surface area (TPSA) is 99.1 Å². The Bertz CT molecular complexity index is 1060. The third-order valence-corrected chi connectivity index (χ3v) is 5.82. The number of thiocarbonyl (C=S) groups is 1. The number of ketones is 1. The van der Waals surface area contributed by atoms with Crippen LogP contribution in [0.4, 0.5) is 10.5 Å². The molecule has 3 heterocycles. The van der Waals surface area contributed by atoms with Crippen molar-refractivity contribution in [3.63, 3.8) is 0 Å². The fraction of sp³-hybridized carbons (Fsp3) is 0.429. The summed E-state index contributed by atoms with van der Waals surface area (Å²) in [5.41, 5.74) is 2.04.